The van der Waals surface area contributed by atoms with E-state index in [0.29, 0.717) is 5.02 Å². The summed E-state index contributed by atoms with van der Waals surface area (Å²) in [4.78, 5) is 15.0. The number of aliphatic hydroxyl groups is 1. The second kappa shape index (κ2) is 12.6. The molecule has 0 bridgehead atoms. The van der Waals surface area contributed by atoms with Crippen LogP contribution in [-0.2, 0) is 20.0 Å². The van der Waals surface area contributed by atoms with Crippen LogP contribution in [0.25, 0.3) is 0 Å². The van der Waals surface area contributed by atoms with Crippen molar-refractivity contribution in [3.63, 3.8) is 0 Å². The summed E-state index contributed by atoms with van der Waals surface area (Å²) in [5.74, 6) is -1.34. The Morgan fingerprint density at radius 3 is 2.31 bits per heavy atom. The van der Waals surface area contributed by atoms with E-state index in [1.807, 2.05) is 6.92 Å². The third kappa shape index (κ3) is 6.87. The van der Waals surface area contributed by atoms with Gasteiger partial charge in [0.1, 0.15) is 17.7 Å². The molecule has 1 heterocycles. The summed E-state index contributed by atoms with van der Waals surface area (Å²) in [5.41, 5.74) is 0.0777. The Kier molecular flexibility index (Phi) is 9.48. The number of amides is 1. The highest BCUT2D eigenvalue weighted by atomic mass is 35.5. The minimum atomic E-state index is -4.11. The summed E-state index contributed by atoms with van der Waals surface area (Å²) in [7, 11) is -6.59. The maximum Gasteiger partial charge on any atom is 0.261 e. The minimum absolute atomic E-state index is 0.0229. The van der Waals surface area contributed by atoms with Crippen LogP contribution in [0.5, 0.6) is 5.75 Å². The van der Waals surface area contributed by atoms with Gasteiger partial charge in [0.05, 0.1) is 34.5 Å². The SMILES string of the molecule is C[C@H](CO)N1C[C@H](C)[C@@H](CN(C)S(=O)(=O)c2ccc(Cl)cc2)Oc2ccc(NS(=O)(=O)c3ccc(F)cc3)cc2C1=O. The molecule has 226 valence electrons. The van der Waals surface area contributed by atoms with Gasteiger partial charge in [-0.05, 0) is 73.7 Å². The van der Waals surface area contributed by atoms with E-state index in [1.54, 1.807) is 6.92 Å². The van der Waals surface area contributed by atoms with Crippen molar-refractivity contribution in [2.75, 3.05) is 31.5 Å². The summed E-state index contributed by atoms with van der Waals surface area (Å²) in [6, 6.07) is 13.6. The molecule has 2 N–H and O–H groups in total. The molecule has 0 aliphatic carbocycles. The fourth-order valence-electron chi connectivity index (χ4n) is 4.47. The summed E-state index contributed by atoms with van der Waals surface area (Å²) in [5, 5.41) is 10.3. The van der Waals surface area contributed by atoms with E-state index < -0.39 is 43.9 Å². The first kappa shape index (κ1) is 31.7. The van der Waals surface area contributed by atoms with Gasteiger partial charge in [0.15, 0.2) is 0 Å². The number of aliphatic hydroxyl groups excluding tert-OH is 1. The number of carbonyl (C=O) groups excluding carboxylic acids is 1. The third-order valence-corrected chi connectivity index (χ3v) is 10.5. The first-order chi connectivity index (χ1) is 19.7. The third-order valence-electron chi connectivity index (χ3n) is 7.00. The number of sulfonamides is 2. The molecule has 0 spiro atoms. The zero-order valence-corrected chi connectivity index (χ0v) is 25.5. The number of benzene rings is 3. The summed E-state index contributed by atoms with van der Waals surface area (Å²) < 4.78 is 75.4. The number of nitrogens with one attached hydrogen (secondary N) is 1. The van der Waals surface area contributed by atoms with E-state index >= 15 is 0 Å². The molecular formula is C28H31ClFN3O7S2. The average molecular weight is 640 g/mol. The van der Waals surface area contributed by atoms with E-state index in [1.165, 1.54) is 54.4 Å². The second-order valence-electron chi connectivity index (χ2n) is 10.1. The largest absolute Gasteiger partial charge is 0.488 e. The number of rotatable bonds is 9. The van der Waals surface area contributed by atoms with Gasteiger partial charge in [0, 0.05) is 30.2 Å². The monoisotopic (exact) mass is 639 g/mol. The molecule has 14 heteroatoms. The van der Waals surface area contributed by atoms with Crippen molar-refractivity contribution in [2.45, 2.75) is 35.8 Å². The minimum Gasteiger partial charge on any atom is -0.488 e. The first-order valence-corrected chi connectivity index (χ1v) is 16.3. The Hall–Kier alpha value is -3.23. The van der Waals surface area contributed by atoms with Gasteiger partial charge in [-0.3, -0.25) is 9.52 Å². The molecule has 0 unspecified atom stereocenters. The number of carbonyl (C=O) groups is 1. The van der Waals surface area contributed by atoms with E-state index in [9.17, 15) is 31.1 Å². The summed E-state index contributed by atoms with van der Waals surface area (Å²) in [6.07, 6.45) is -0.723. The highest BCUT2D eigenvalue weighted by Gasteiger charge is 2.35. The lowest BCUT2D eigenvalue weighted by molar-refractivity contribution is 0.0387. The van der Waals surface area contributed by atoms with Crippen LogP contribution in [0, 0.1) is 11.7 Å². The van der Waals surface area contributed by atoms with Gasteiger partial charge in [-0.15, -0.1) is 0 Å². The molecule has 0 radical (unpaired) electrons. The Morgan fingerprint density at radius 1 is 1.07 bits per heavy atom. The molecular weight excluding hydrogens is 609 g/mol. The van der Waals surface area contributed by atoms with Crippen LogP contribution in [-0.4, -0.2) is 75.9 Å². The van der Waals surface area contributed by atoms with Crippen LogP contribution >= 0.6 is 11.6 Å². The molecule has 1 amide bonds. The molecule has 3 atom stereocenters. The fraction of sp³-hybridized carbons (Fsp3) is 0.321. The molecule has 10 nitrogen and oxygen atoms in total. The smallest absolute Gasteiger partial charge is 0.261 e. The van der Waals surface area contributed by atoms with Crippen LogP contribution in [0.3, 0.4) is 0 Å². The van der Waals surface area contributed by atoms with Crippen molar-refractivity contribution in [2.24, 2.45) is 5.92 Å². The lowest BCUT2D eigenvalue weighted by atomic mass is 9.99. The predicted octanol–water partition coefficient (Wildman–Crippen LogP) is 3.82. The van der Waals surface area contributed by atoms with Gasteiger partial charge < -0.3 is 14.7 Å². The normalized spacial score (nSPS) is 18.5. The van der Waals surface area contributed by atoms with Crippen molar-refractivity contribution in [1.82, 2.24) is 9.21 Å². The number of anilines is 1. The maximum absolute atomic E-state index is 13.7. The number of likely N-dealkylation sites (N-methyl/N-ethyl adjacent to an activating group) is 1. The number of halogens is 2. The van der Waals surface area contributed by atoms with Crippen molar-refractivity contribution >= 4 is 43.2 Å². The Balaban J connectivity index is 1.68. The Bertz CT molecular complexity index is 1650. The molecule has 0 saturated heterocycles. The van der Waals surface area contributed by atoms with E-state index in [2.05, 4.69) is 4.72 Å². The van der Waals surface area contributed by atoms with Crippen molar-refractivity contribution in [3.05, 3.63) is 83.1 Å². The van der Waals surface area contributed by atoms with E-state index in [-0.39, 0.29) is 52.4 Å². The molecule has 0 aromatic heterocycles. The summed E-state index contributed by atoms with van der Waals surface area (Å²) in [6.45, 7) is 3.21. The number of nitrogens with zero attached hydrogens (tertiary/aromatic N) is 2. The lowest BCUT2D eigenvalue weighted by Crippen LogP contribution is -2.50. The average Bonchev–Trinajstić information content (AvgIpc) is 2.95. The molecule has 1 aliphatic heterocycles. The van der Waals surface area contributed by atoms with Crippen LogP contribution in [0.2, 0.25) is 5.02 Å². The van der Waals surface area contributed by atoms with Crippen LogP contribution in [0.1, 0.15) is 24.2 Å². The van der Waals surface area contributed by atoms with Crippen LogP contribution < -0.4 is 9.46 Å². The van der Waals surface area contributed by atoms with Crippen LogP contribution in [0.15, 0.2) is 76.5 Å². The van der Waals surface area contributed by atoms with Gasteiger partial charge in [0.25, 0.3) is 15.9 Å². The Morgan fingerprint density at radius 2 is 1.69 bits per heavy atom. The topological polar surface area (TPSA) is 133 Å². The van der Waals surface area contributed by atoms with Gasteiger partial charge in [-0.2, -0.15) is 4.31 Å². The standard InChI is InChI=1S/C28H31ClFN3O7S2/c1-18-15-33(19(2)17-34)28(35)25-14-22(31-41(36,37)23-11-6-21(30)7-12-23)8-13-26(25)40-27(18)16-32(3)42(38,39)24-9-4-20(29)5-10-24/h4-14,18-19,27,31,34H,15-17H2,1-3H3/t18-,19+,27+/m0/s1. The molecule has 42 heavy (non-hydrogen) atoms. The molecule has 3 aromatic rings. The zero-order valence-electron chi connectivity index (χ0n) is 23.1. The number of hydrogen-bond acceptors (Lipinski definition) is 7. The van der Waals surface area contributed by atoms with Gasteiger partial charge >= 0.3 is 0 Å². The summed E-state index contributed by atoms with van der Waals surface area (Å²) >= 11 is 5.91. The molecule has 0 saturated carbocycles. The molecule has 0 fully saturated rings. The molecule has 4 rings (SSSR count). The molecule has 3 aromatic carbocycles. The number of fused-ring (bicyclic) bond motifs is 1. The van der Waals surface area contributed by atoms with E-state index in [4.69, 9.17) is 16.3 Å². The lowest BCUT2D eigenvalue weighted by Gasteiger charge is -2.38. The zero-order chi connectivity index (χ0) is 30.8. The van der Waals surface area contributed by atoms with Crippen molar-refractivity contribution in [1.29, 1.82) is 0 Å². The molecule has 1 aliphatic rings. The second-order valence-corrected chi connectivity index (χ2v) is 14.3. The highest BCUT2D eigenvalue weighted by molar-refractivity contribution is 7.92. The van der Waals surface area contributed by atoms with Crippen molar-refractivity contribution in [3.8, 4) is 5.75 Å². The predicted molar refractivity (Wildman–Crippen MR) is 156 cm³/mol. The van der Waals surface area contributed by atoms with E-state index in [0.717, 1.165) is 28.6 Å². The quantitative estimate of drug-likeness (QED) is 0.364. The van der Waals surface area contributed by atoms with Crippen LogP contribution in [0.4, 0.5) is 10.1 Å². The van der Waals surface area contributed by atoms with Crippen molar-refractivity contribution < 1.29 is 35.9 Å². The number of hydrogen-bond donors (Lipinski definition) is 2. The first-order valence-electron chi connectivity index (χ1n) is 13.0. The van der Waals surface area contributed by atoms with Gasteiger partial charge in [0.2, 0.25) is 10.0 Å². The Labute approximate surface area is 249 Å². The van der Waals surface area contributed by atoms with Gasteiger partial charge in [-0.1, -0.05) is 18.5 Å². The fourth-order valence-corrected chi connectivity index (χ4v) is 6.83. The maximum atomic E-state index is 13.7. The number of ether oxygens (including phenoxy) is 1. The highest BCUT2D eigenvalue weighted by Crippen LogP contribution is 2.32. The van der Waals surface area contributed by atoms with Gasteiger partial charge in [-0.25, -0.2) is 21.2 Å².